The summed E-state index contributed by atoms with van der Waals surface area (Å²) in [6, 6.07) is 10.4. The lowest BCUT2D eigenvalue weighted by Crippen LogP contribution is -2.44. The van der Waals surface area contributed by atoms with Gasteiger partial charge in [0.15, 0.2) is 8.32 Å². The van der Waals surface area contributed by atoms with Gasteiger partial charge in [0.1, 0.15) is 0 Å². The van der Waals surface area contributed by atoms with Crippen LogP contribution in [0.2, 0.25) is 18.1 Å². The van der Waals surface area contributed by atoms with Crippen molar-refractivity contribution in [1.29, 1.82) is 0 Å². The molecule has 0 saturated heterocycles. The number of ether oxygens (including phenoxy) is 1. The maximum atomic E-state index is 6.71. The third-order valence-electron chi connectivity index (χ3n) is 5.75. The molecule has 160 valence electrons. The average molecular weight is 405 g/mol. The molecule has 0 N–H and O–H groups in total. The van der Waals surface area contributed by atoms with Crippen LogP contribution in [-0.2, 0) is 15.8 Å². The maximum Gasteiger partial charge on any atom is 0.192 e. The van der Waals surface area contributed by atoms with E-state index in [4.69, 9.17) is 9.16 Å². The van der Waals surface area contributed by atoms with Crippen LogP contribution in [0.1, 0.15) is 78.2 Å². The lowest BCUT2D eigenvalue weighted by atomic mass is 10.1. The quantitative estimate of drug-likeness (QED) is 0.178. The van der Waals surface area contributed by atoms with Crippen LogP contribution in [-0.4, -0.2) is 21.0 Å². The monoisotopic (exact) mass is 404 g/mol. The van der Waals surface area contributed by atoms with Crippen molar-refractivity contribution in [2.45, 2.75) is 103 Å². The van der Waals surface area contributed by atoms with Crippen LogP contribution in [0.5, 0.6) is 0 Å². The first-order chi connectivity index (χ1) is 13.3. The molecular weight excluding hydrogens is 360 g/mol. The van der Waals surface area contributed by atoms with Gasteiger partial charge in [-0.1, -0.05) is 89.4 Å². The molecule has 1 atom stereocenters. The zero-order chi connectivity index (χ0) is 20.9. The highest BCUT2D eigenvalue weighted by molar-refractivity contribution is 6.74. The molecule has 1 aromatic rings. The summed E-state index contributed by atoms with van der Waals surface area (Å²) in [6.07, 6.45) is 13.4. The molecule has 0 spiro atoms. The zero-order valence-electron chi connectivity index (χ0n) is 19.3. The summed E-state index contributed by atoms with van der Waals surface area (Å²) >= 11 is 0. The third kappa shape index (κ3) is 10.6. The fraction of sp³-hybridized carbons (Fsp3) is 0.680. The molecule has 0 saturated carbocycles. The first-order valence-electron chi connectivity index (χ1n) is 11.2. The highest BCUT2D eigenvalue weighted by Crippen LogP contribution is 2.38. The van der Waals surface area contributed by atoms with Crippen LogP contribution in [0, 0.1) is 0 Å². The van der Waals surface area contributed by atoms with Gasteiger partial charge in [-0.2, -0.15) is 0 Å². The minimum atomic E-state index is -1.77. The Hall–Kier alpha value is -0.903. The third-order valence-corrected chi connectivity index (χ3v) is 10.3. The van der Waals surface area contributed by atoms with Crippen molar-refractivity contribution in [3.05, 3.63) is 48.0 Å². The Morgan fingerprint density at radius 1 is 1.00 bits per heavy atom. The zero-order valence-corrected chi connectivity index (χ0v) is 20.3. The summed E-state index contributed by atoms with van der Waals surface area (Å²) in [6.45, 7) is 15.3. The van der Waals surface area contributed by atoms with Gasteiger partial charge in [0.05, 0.1) is 12.7 Å². The number of hydrogen-bond donors (Lipinski definition) is 0. The van der Waals surface area contributed by atoms with E-state index in [1.54, 1.807) is 0 Å². The second kappa shape index (κ2) is 13.3. The van der Waals surface area contributed by atoms with Crippen molar-refractivity contribution < 1.29 is 9.16 Å². The van der Waals surface area contributed by atoms with E-state index >= 15 is 0 Å². The Kier molecular flexibility index (Phi) is 12.0. The van der Waals surface area contributed by atoms with E-state index in [2.05, 4.69) is 77.2 Å². The summed E-state index contributed by atoms with van der Waals surface area (Å²) in [5.74, 6) is 0. The van der Waals surface area contributed by atoms with E-state index in [1.165, 1.54) is 37.7 Å². The van der Waals surface area contributed by atoms with E-state index in [-0.39, 0.29) is 11.1 Å². The van der Waals surface area contributed by atoms with E-state index in [0.717, 1.165) is 19.4 Å². The van der Waals surface area contributed by atoms with E-state index < -0.39 is 8.32 Å². The maximum absolute atomic E-state index is 6.71. The molecule has 0 amide bonds. The van der Waals surface area contributed by atoms with Gasteiger partial charge < -0.3 is 9.16 Å². The smallest absolute Gasteiger partial charge is 0.192 e. The molecule has 1 aromatic carbocycles. The molecule has 28 heavy (non-hydrogen) atoms. The molecule has 3 heteroatoms. The molecule has 0 heterocycles. The molecule has 1 unspecified atom stereocenters. The van der Waals surface area contributed by atoms with Crippen LogP contribution in [0.4, 0.5) is 0 Å². The summed E-state index contributed by atoms with van der Waals surface area (Å²) < 4.78 is 12.6. The van der Waals surface area contributed by atoms with Crippen molar-refractivity contribution in [3.63, 3.8) is 0 Å². The number of hydrogen-bond acceptors (Lipinski definition) is 2. The molecule has 0 radical (unpaired) electrons. The first-order valence-corrected chi connectivity index (χ1v) is 14.1. The van der Waals surface area contributed by atoms with Crippen molar-refractivity contribution in [3.8, 4) is 0 Å². The van der Waals surface area contributed by atoms with Gasteiger partial charge in [0, 0.05) is 6.61 Å². The molecular formula is C25H44O2Si. The highest BCUT2D eigenvalue weighted by atomic mass is 28.4. The van der Waals surface area contributed by atoms with E-state index in [0.29, 0.717) is 6.61 Å². The van der Waals surface area contributed by atoms with Crippen LogP contribution in [0.15, 0.2) is 42.5 Å². The molecule has 2 nitrogen and oxygen atoms in total. The molecule has 0 fully saturated rings. The largest absolute Gasteiger partial charge is 0.414 e. The van der Waals surface area contributed by atoms with Crippen molar-refractivity contribution in [2.24, 2.45) is 0 Å². The predicted molar refractivity (Wildman–Crippen MR) is 125 cm³/mol. The SMILES string of the molecule is CCCCCC/C=C\CC(CCOCc1ccccc1)O[Si](C)(C)C(C)(C)C. The average Bonchev–Trinajstić information content (AvgIpc) is 2.64. The molecule has 1 rings (SSSR count). The predicted octanol–water partition coefficient (Wildman–Crippen LogP) is 7.90. The van der Waals surface area contributed by atoms with Gasteiger partial charge in [0.25, 0.3) is 0 Å². The molecule has 0 aliphatic carbocycles. The lowest BCUT2D eigenvalue weighted by molar-refractivity contribution is 0.0783. The van der Waals surface area contributed by atoms with Gasteiger partial charge in [-0.3, -0.25) is 0 Å². The Morgan fingerprint density at radius 2 is 1.71 bits per heavy atom. The molecule has 0 aromatic heterocycles. The minimum Gasteiger partial charge on any atom is -0.414 e. The summed E-state index contributed by atoms with van der Waals surface area (Å²) in [7, 11) is -1.77. The Labute approximate surface area is 175 Å². The van der Waals surface area contributed by atoms with Gasteiger partial charge in [-0.05, 0) is 49.4 Å². The fourth-order valence-electron chi connectivity index (χ4n) is 2.85. The Balaban J connectivity index is 2.48. The Bertz CT molecular complexity index is 531. The molecule has 0 aliphatic heterocycles. The highest BCUT2D eigenvalue weighted by Gasteiger charge is 2.38. The van der Waals surface area contributed by atoms with Crippen LogP contribution in [0.3, 0.4) is 0 Å². The first kappa shape index (κ1) is 25.1. The van der Waals surface area contributed by atoms with E-state index in [1.807, 2.05) is 6.07 Å². The number of unbranched alkanes of at least 4 members (excludes halogenated alkanes) is 4. The standard InChI is InChI=1S/C25H44O2Si/c1-7-8-9-10-11-12-16-19-24(27-28(5,6)25(2,3)4)20-21-26-22-23-17-14-13-15-18-23/h12-18,24H,7-11,19-22H2,1-6H3/b16-12-. The summed E-state index contributed by atoms with van der Waals surface area (Å²) in [5, 5.41) is 0.236. The fourth-order valence-corrected chi connectivity index (χ4v) is 4.25. The number of allylic oxidation sites excluding steroid dienone is 1. The van der Waals surface area contributed by atoms with Crippen molar-refractivity contribution >= 4 is 8.32 Å². The van der Waals surface area contributed by atoms with Crippen LogP contribution >= 0.6 is 0 Å². The topological polar surface area (TPSA) is 18.5 Å². The Morgan fingerprint density at radius 3 is 2.36 bits per heavy atom. The van der Waals surface area contributed by atoms with Crippen molar-refractivity contribution in [1.82, 2.24) is 0 Å². The second-order valence-electron chi connectivity index (χ2n) is 9.38. The van der Waals surface area contributed by atoms with E-state index in [9.17, 15) is 0 Å². The van der Waals surface area contributed by atoms with Gasteiger partial charge in [-0.15, -0.1) is 0 Å². The van der Waals surface area contributed by atoms with Gasteiger partial charge >= 0.3 is 0 Å². The molecule has 0 aliphatic rings. The second-order valence-corrected chi connectivity index (χ2v) is 14.1. The molecule has 0 bridgehead atoms. The van der Waals surface area contributed by atoms with Crippen molar-refractivity contribution in [2.75, 3.05) is 6.61 Å². The summed E-state index contributed by atoms with van der Waals surface area (Å²) in [4.78, 5) is 0. The van der Waals surface area contributed by atoms with Crippen LogP contribution < -0.4 is 0 Å². The minimum absolute atomic E-state index is 0.236. The van der Waals surface area contributed by atoms with Gasteiger partial charge in [0.2, 0.25) is 0 Å². The normalized spacial score (nSPS) is 13.9. The van der Waals surface area contributed by atoms with Gasteiger partial charge in [-0.25, -0.2) is 0 Å². The number of rotatable bonds is 14. The number of benzene rings is 1. The summed E-state index contributed by atoms with van der Waals surface area (Å²) in [5.41, 5.74) is 1.23. The van der Waals surface area contributed by atoms with Crippen LogP contribution in [0.25, 0.3) is 0 Å². The lowest BCUT2D eigenvalue weighted by Gasteiger charge is -2.39.